The molecule has 10 heavy (non-hydrogen) atoms. The van der Waals surface area contributed by atoms with Crippen molar-refractivity contribution in [3.63, 3.8) is 0 Å². The van der Waals surface area contributed by atoms with E-state index in [9.17, 15) is 0 Å². The van der Waals surface area contributed by atoms with Crippen molar-refractivity contribution in [2.45, 2.75) is 41.5 Å². The molecule has 0 N–H and O–H groups in total. The van der Waals surface area contributed by atoms with Gasteiger partial charge in [-0.15, -0.1) is 0 Å². The predicted molar refractivity (Wildman–Crippen MR) is 50.2 cm³/mol. The van der Waals surface area contributed by atoms with E-state index in [0.717, 1.165) is 0 Å². The summed E-state index contributed by atoms with van der Waals surface area (Å²) in [5.74, 6) is 0. The molecule has 0 aromatic heterocycles. The van der Waals surface area contributed by atoms with Crippen molar-refractivity contribution < 1.29 is 0 Å². The molecular formula is C10H20. The van der Waals surface area contributed by atoms with E-state index in [4.69, 9.17) is 0 Å². The topological polar surface area (TPSA) is 0 Å². The number of rotatable bonds is 1. The zero-order valence-corrected chi connectivity index (χ0v) is 8.15. The summed E-state index contributed by atoms with van der Waals surface area (Å²) < 4.78 is 0. The first kappa shape index (κ1) is 12.2. The predicted octanol–water partition coefficient (Wildman–Crippen LogP) is 3.95. The standard InChI is InChI=1S/C8H14.C2H6/c1-5-7(3)8(4)6-2;1-2/h5-6H,1-4H3;1-2H3/b7-5+,8-6+;. The van der Waals surface area contributed by atoms with Crippen LogP contribution in [0.5, 0.6) is 0 Å². The third kappa shape index (κ3) is 5.61. The van der Waals surface area contributed by atoms with E-state index >= 15 is 0 Å². The molecular weight excluding hydrogens is 120 g/mol. The van der Waals surface area contributed by atoms with E-state index in [2.05, 4.69) is 39.8 Å². The molecule has 60 valence electrons. The van der Waals surface area contributed by atoms with Gasteiger partial charge in [-0.1, -0.05) is 37.1 Å². The highest BCUT2D eigenvalue weighted by atomic mass is 13.9. The maximum atomic E-state index is 2.12. The van der Waals surface area contributed by atoms with Crippen LogP contribution in [-0.2, 0) is 0 Å². The summed E-state index contributed by atoms with van der Waals surface area (Å²) in [5, 5.41) is 0. The fraction of sp³-hybridized carbons (Fsp3) is 0.600. The highest BCUT2D eigenvalue weighted by molar-refractivity contribution is 5.25. The Balaban J connectivity index is 0. The Bertz CT molecular complexity index is 100. The highest BCUT2D eigenvalue weighted by Crippen LogP contribution is 2.05. The van der Waals surface area contributed by atoms with Gasteiger partial charge >= 0.3 is 0 Å². The van der Waals surface area contributed by atoms with E-state index in [1.54, 1.807) is 0 Å². The average molecular weight is 140 g/mol. The Morgan fingerprint density at radius 1 is 0.800 bits per heavy atom. The van der Waals surface area contributed by atoms with E-state index in [0.29, 0.717) is 0 Å². The van der Waals surface area contributed by atoms with E-state index in [-0.39, 0.29) is 0 Å². The lowest BCUT2D eigenvalue weighted by atomic mass is 10.1. The van der Waals surface area contributed by atoms with Gasteiger partial charge in [-0.05, 0) is 27.7 Å². The summed E-state index contributed by atoms with van der Waals surface area (Å²) in [6.45, 7) is 12.4. The first-order chi connectivity index (χ1) is 4.72. The molecule has 0 radical (unpaired) electrons. The van der Waals surface area contributed by atoms with Crippen LogP contribution in [0.3, 0.4) is 0 Å². The minimum absolute atomic E-state index is 1.37. The van der Waals surface area contributed by atoms with Crippen LogP contribution in [0.15, 0.2) is 23.3 Å². The van der Waals surface area contributed by atoms with Crippen molar-refractivity contribution in [1.82, 2.24) is 0 Å². The quantitative estimate of drug-likeness (QED) is 0.484. The highest BCUT2D eigenvalue weighted by Gasteiger charge is 1.84. The molecule has 0 atom stereocenters. The first-order valence-electron chi connectivity index (χ1n) is 3.98. The Morgan fingerprint density at radius 3 is 1.10 bits per heavy atom. The molecule has 0 heterocycles. The van der Waals surface area contributed by atoms with Crippen LogP contribution >= 0.6 is 0 Å². The molecule has 0 aromatic rings. The van der Waals surface area contributed by atoms with Gasteiger partial charge in [0, 0.05) is 0 Å². The normalized spacial score (nSPS) is 12.2. The van der Waals surface area contributed by atoms with Crippen molar-refractivity contribution in [2.75, 3.05) is 0 Å². The number of hydrogen-bond donors (Lipinski definition) is 0. The summed E-state index contributed by atoms with van der Waals surface area (Å²) in [4.78, 5) is 0. The van der Waals surface area contributed by atoms with Gasteiger partial charge in [0.1, 0.15) is 0 Å². The van der Waals surface area contributed by atoms with Crippen LogP contribution in [0, 0.1) is 0 Å². The minimum atomic E-state index is 1.37. The van der Waals surface area contributed by atoms with Gasteiger partial charge in [0.05, 0.1) is 0 Å². The summed E-state index contributed by atoms with van der Waals surface area (Å²) in [6, 6.07) is 0. The second-order valence-electron chi connectivity index (χ2n) is 1.94. The molecule has 0 amide bonds. The lowest BCUT2D eigenvalue weighted by Crippen LogP contribution is -1.74. The van der Waals surface area contributed by atoms with Crippen LogP contribution in [0.25, 0.3) is 0 Å². The Kier molecular flexibility index (Phi) is 10.3. The summed E-state index contributed by atoms with van der Waals surface area (Å²) >= 11 is 0. The Hall–Kier alpha value is -0.520. The zero-order valence-electron chi connectivity index (χ0n) is 8.15. The molecule has 0 aliphatic heterocycles. The second-order valence-corrected chi connectivity index (χ2v) is 1.94. The fourth-order valence-electron chi connectivity index (χ4n) is 0.455. The van der Waals surface area contributed by atoms with Gasteiger partial charge in [0.2, 0.25) is 0 Å². The Morgan fingerprint density at radius 2 is 1.00 bits per heavy atom. The van der Waals surface area contributed by atoms with Crippen LogP contribution in [0.2, 0.25) is 0 Å². The molecule has 0 fully saturated rings. The maximum absolute atomic E-state index is 2.12. The zero-order chi connectivity index (χ0) is 8.57. The second kappa shape index (κ2) is 8.48. The lowest BCUT2D eigenvalue weighted by Gasteiger charge is -1.95. The summed E-state index contributed by atoms with van der Waals surface area (Å²) in [7, 11) is 0. The minimum Gasteiger partial charge on any atom is -0.0845 e. The molecule has 0 saturated carbocycles. The van der Waals surface area contributed by atoms with Crippen LogP contribution < -0.4 is 0 Å². The summed E-state index contributed by atoms with van der Waals surface area (Å²) in [6.07, 6.45) is 4.24. The van der Waals surface area contributed by atoms with Crippen LogP contribution in [0.4, 0.5) is 0 Å². The largest absolute Gasteiger partial charge is 0.0845 e. The van der Waals surface area contributed by atoms with Crippen LogP contribution in [-0.4, -0.2) is 0 Å². The Labute approximate surface area is 65.7 Å². The lowest BCUT2D eigenvalue weighted by molar-refractivity contribution is 1.31. The monoisotopic (exact) mass is 140 g/mol. The number of allylic oxidation sites excluding steroid dienone is 4. The van der Waals surface area contributed by atoms with Gasteiger partial charge in [-0.25, -0.2) is 0 Å². The van der Waals surface area contributed by atoms with Crippen LogP contribution in [0.1, 0.15) is 41.5 Å². The molecule has 0 aliphatic rings. The van der Waals surface area contributed by atoms with Crippen molar-refractivity contribution in [3.8, 4) is 0 Å². The molecule has 0 nitrogen and oxygen atoms in total. The molecule has 0 spiro atoms. The molecule has 0 bridgehead atoms. The van der Waals surface area contributed by atoms with E-state index < -0.39 is 0 Å². The third-order valence-electron chi connectivity index (χ3n) is 1.49. The smallest absolute Gasteiger partial charge is 0.0399 e. The molecule has 0 aromatic carbocycles. The maximum Gasteiger partial charge on any atom is -0.0399 e. The molecule has 0 aliphatic carbocycles. The third-order valence-corrected chi connectivity index (χ3v) is 1.49. The van der Waals surface area contributed by atoms with Gasteiger partial charge in [0.15, 0.2) is 0 Å². The van der Waals surface area contributed by atoms with E-state index in [1.807, 2.05) is 13.8 Å². The van der Waals surface area contributed by atoms with Crippen molar-refractivity contribution in [3.05, 3.63) is 23.3 Å². The molecule has 0 heteroatoms. The summed E-state index contributed by atoms with van der Waals surface area (Å²) in [5.41, 5.74) is 2.74. The molecule has 0 rings (SSSR count). The first-order valence-corrected chi connectivity index (χ1v) is 3.98. The molecule has 0 unspecified atom stereocenters. The van der Waals surface area contributed by atoms with Crippen molar-refractivity contribution >= 4 is 0 Å². The van der Waals surface area contributed by atoms with Gasteiger partial charge in [-0.2, -0.15) is 0 Å². The molecule has 0 saturated heterocycles. The van der Waals surface area contributed by atoms with E-state index in [1.165, 1.54) is 11.1 Å². The van der Waals surface area contributed by atoms with Crippen molar-refractivity contribution in [1.29, 1.82) is 0 Å². The SMILES string of the molecule is C/C=C(C)/C(C)=C/C.CC. The van der Waals surface area contributed by atoms with Gasteiger partial charge in [0.25, 0.3) is 0 Å². The van der Waals surface area contributed by atoms with Gasteiger partial charge < -0.3 is 0 Å². The average Bonchev–Trinajstić information content (AvgIpc) is 2.05. The fourth-order valence-corrected chi connectivity index (χ4v) is 0.455. The number of hydrogen-bond acceptors (Lipinski definition) is 0. The van der Waals surface area contributed by atoms with Gasteiger partial charge in [-0.3, -0.25) is 0 Å². The van der Waals surface area contributed by atoms with Crippen molar-refractivity contribution in [2.24, 2.45) is 0 Å².